The minimum atomic E-state index is -3.70. The zero-order valence-electron chi connectivity index (χ0n) is 12.0. The Morgan fingerprint density at radius 2 is 2.10 bits per heavy atom. The highest BCUT2D eigenvalue weighted by molar-refractivity contribution is 7.89. The first kappa shape index (κ1) is 16.9. The molecule has 0 aliphatic rings. The van der Waals surface area contributed by atoms with Crippen LogP contribution in [0.15, 0.2) is 23.1 Å². The molecule has 0 bridgehead atoms. The smallest absolute Gasteiger partial charge is 0.241 e. The van der Waals surface area contributed by atoms with Gasteiger partial charge >= 0.3 is 0 Å². The predicted octanol–water partition coefficient (Wildman–Crippen LogP) is 0.643. The van der Waals surface area contributed by atoms with E-state index in [1.165, 1.54) is 13.2 Å². The van der Waals surface area contributed by atoms with Gasteiger partial charge in [-0.1, -0.05) is 6.07 Å². The Morgan fingerprint density at radius 1 is 1.45 bits per heavy atom. The van der Waals surface area contributed by atoms with E-state index in [2.05, 4.69) is 4.72 Å². The third-order valence-electron chi connectivity index (χ3n) is 3.10. The molecule has 0 radical (unpaired) electrons. The molecule has 0 amide bonds. The van der Waals surface area contributed by atoms with Crippen LogP contribution in [0.5, 0.6) is 0 Å². The number of ether oxygens (including phenoxy) is 1. The van der Waals surface area contributed by atoms with E-state index in [0.717, 1.165) is 0 Å². The van der Waals surface area contributed by atoms with Gasteiger partial charge in [0, 0.05) is 32.4 Å². The van der Waals surface area contributed by atoms with Gasteiger partial charge in [-0.25, -0.2) is 13.1 Å². The molecule has 20 heavy (non-hydrogen) atoms. The summed E-state index contributed by atoms with van der Waals surface area (Å²) in [7, 11) is -2.18. The lowest BCUT2D eigenvalue weighted by Crippen LogP contribution is -2.41. The molecule has 6 nitrogen and oxygen atoms in total. The van der Waals surface area contributed by atoms with Gasteiger partial charge in [0.15, 0.2) is 0 Å². The van der Waals surface area contributed by atoms with Crippen molar-refractivity contribution in [2.24, 2.45) is 0 Å². The summed E-state index contributed by atoms with van der Waals surface area (Å²) in [6.45, 7) is 3.46. The summed E-state index contributed by atoms with van der Waals surface area (Å²) in [4.78, 5) is 0.125. The molecule has 0 fully saturated rings. The van der Waals surface area contributed by atoms with Crippen LogP contribution in [-0.2, 0) is 14.8 Å². The SMILES string of the molecule is COCCC(C)(O)CNS(=O)(=O)c1cccc(N)c1C. The minimum absolute atomic E-state index is 0.0903. The molecule has 0 spiro atoms. The van der Waals surface area contributed by atoms with E-state index in [0.29, 0.717) is 24.3 Å². The van der Waals surface area contributed by atoms with Crippen LogP contribution in [0.4, 0.5) is 5.69 Å². The Kier molecular flexibility index (Phi) is 5.52. The number of hydrogen-bond donors (Lipinski definition) is 3. The van der Waals surface area contributed by atoms with Crippen LogP contribution in [0, 0.1) is 6.92 Å². The summed E-state index contributed by atoms with van der Waals surface area (Å²) in [5.74, 6) is 0. The molecule has 0 aliphatic carbocycles. The number of nitrogens with one attached hydrogen (secondary N) is 1. The topological polar surface area (TPSA) is 102 Å². The van der Waals surface area contributed by atoms with Crippen molar-refractivity contribution >= 4 is 15.7 Å². The quantitative estimate of drug-likeness (QED) is 0.642. The zero-order valence-corrected chi connectivity index (χ0v) is 12.8. The third-order valence-corrected chi connectivity index (χ3v) is 4.65. The molecule has 1 unspecified atom stereocenters. The van der Waals surface area contributed by atoms with Crippen molar-refractivity contribution < 1.29 is 18.3 Å². The number of aliphatic hydroxyl groups is 1. The van der Waals surface area contributed by atoms with Crippen LogP contribution in [0.2, 0.25) is 0 Å². The zero-order chi connectivity index (χ0) is 15.4. The van der Waals surface area contributed by atoms with Gasteiger partial charge in [0.05, 0.1) is 10.5 Å². The maximum absolute atomic E-state index is 12.2. The van der Waals surface area contributed by atoms with Crippen LogP contribution < -0.4 is 10.5 Å². The molecule has 0 aromatic heterocycles. The Bertz CT molecular complexity index is 555. The summed E-state index contributed by atoms with van der Waals surface area (Å²) in [5, 5.41) is 10.0. The number of anilines is 1. The number of hydrogen-bond acceptors (Lipinski definition) is 5. The van der Waals surface area contributed by atoms with Crippen LogP contribution >= 0.6 is 0 Å². The molecule has 0 heterocycles. The van der Waals surface area contributed by atoms with Gasteiger partial charge in [0.25, 0.3) is 0 Å². The fourth-order valence-electron chi connectivity index (χ4n) is 1.66. The number of rotatable bonds is 7. The van der Waals surface area contributed by atoms with Crippen molar-refractivity contribution in [1.29, 1.82) is 0 Å². The molecule has 4 N–H and O–H groups in total. The van der Waals surface area contributed by atoms with Crippen molar-refractivity contribution in [2.75, 3.05) is 26.0 Å². The predicted molar refractivity (Wildman–Crippen MR) is 77.9 cm³/mol. The van der Waals surface area contributed by atoms with Crippen molar-refractivity contribution in [3.8, 4) is 0 Å². The normalized spacial score (nSPS) is 15.0. The lowest BCUT2D eigenvalue weighted by molar-refractivity contribution is 0.0292. The van der Waals surface area contributed by atoms with E-state index in [4.69, 9.17) is 10.5 Å². The summed E-state index contributed by atoms with van der Waals surface area (Å²) in [6.07, 6.45) is 0.335. The highest BCUT2D eigenvalue weighted by Crippen LogP contribution is 2.20. The van der Waals surface area contributed by atoms with E-state index in [1.807, 2.05) is 0 Å². The first-order valence-electron chi connectivity index (χ1n) is 6.26. The molecule has 0 saturated carbocycles. The second-order valence-electron chi connectivity index (χ2n) is 5.03. The van der Waals surface area contributed by atoms with E-state index < -0.39 is 15.6 Å². The lowest BCUT2D eigenvalue weighted by atomic mass is 10.0. The number of nitrogen functional groups attached to an aromatic ring is 1. The molecule has 114 valence electrons. The van der Waals surface area contributed by atoms with E-state index in [-0.39, 0.29) is 11.4 Å². The molecule has 0 saturated heterocycles. The molecular formula is C13H22N2O4S. The Morgan fingerprint density at radius 3 is 2.70 bits per heavy atom. The summed E-state index contributed by atoms with van der Waals surface area (Å²) < 4.78 is 31.7. The first-order chi connectivity index (χ1) is 9.19. The second kappa shape index (κ2) is 6.53. The fourth-order valence-corrected chi connectivity index (χ4v) is 3.10. The molecule has 1 aromatic rings. The van der Waals surface area contributed by atoms with Crippen molar-refractivity contribution in [2.45, 2.75) is 30.8 Å². The average Bonchev–Trinajstić information content (AvgIpc) is 2.37. The van der Waals surface area contributed by atoms with Gasteiger partial charge in [-0.3, -0.25) is 0 Å². The van der Waals surface area contributed by atoms with Crippen LogP contribution in [0.25, 0.3) is 0 Å². The van der Waals surface area contributed by atoms with Gasteiger partial charge in [-0.15, -0.1) is 0 Å². The van der Waals surface area contributed by atoms with Crippen molar-refractivity contribution in [3.63, 3.8) is 0 Å². The fraction of sp³-hybridized carbons (Fsp3) is 0.538. The lowest BCUT2D eigenvalue weighted by Gasteiger charge is -2.23. The monoisotopic (exact) mass is 302 g/mol. The van der Waals surface area contributed by atoms with Gasteiger partial charge in [-0.2, -0.15) is 0 Å². The summed E-state index contributed by atoms with van der Waals surface area (Å²) in [6, 6.07) is 4.71. The second-order valence-corrected chi connectivity index (χ2v) is 6.77. The minimum Gasteiger partial charge on any atom is -0.398 e. The average molecular weight is 302 g/mol. The van der Waals surface area contributed by atoms with Gasteiger partial charge in [0.2, 0.25) is 10.0 Å². The van der Waals surface area contributed by atoms with Gasteiger partial charge in [-0.05, 0) is 31.5 Å². The largest absolute Gasteiger partial charge is 0.398 e. The van der Waals surface area contributed by atoms with E-state index in [9.17, 15) is 13.5 Å². The Balaban J connectivity index is 2.83. The molecule has 1 atom stereocenters. The maximum atomic E-state index is 12.2. The highest BCUT2D eigenvalue weighted by Gasteiger charge is 2.25. The summed E-state index contributed by atoms with van der Waals surface area (Å²) in [5.41, 5.74) is 5.45. The first-order valence-corrected chi connectivity index (χ1v) is 7.74. The molecule has 1 aromatic carbocycles. The molecule has 0 aliphatic heterocycles. The van der Waals surface area contributed by atoms with E-state index >= 15 is 0 Å². The molecular weight excluding hydrogens is 280 g/mol. The van der Waals surface area contributed by atoms with Crippen LogP contribution in [0.3, 0.4) is 0 Å². The third kappa shape index (κ3) is 4.45. The van der Waals surface area contributed by atoms with Crippen LogP contribution in [0.1, 0.15) is 18.9 Å². The van der Waals surface area contributed by atoms with E-state index in [1.54, 1.807) is 26.0 Å². The number of sulfonamides is 1. The van der Waals surface area contributed by atoms with Gasteiger partial charge in [0.1, 0.15) is 0 Å². The Labute approximate surface area is 120 Å². The number of benzene rings is 1. The van der Waals surface area contributed by atoms with Crippen molar-refractivity contribution in [3.05, 3.63) is 23.8 Å². The molecule has 1 rings (SSSR count). The maximum Gasteiger partial charge on any atom is 0.241 e. The highest BCUT2D eigenvalue weighted by atomic mass is 32.2. The number of nitrogens with two attached hydrogens (primary N) is 1. The molecule has 7 heteroatoms. The number of methoxy groups -OCH3 is 1. The standard InChI is InChI=1S/C13H22N2O4S/c1-10-11(14)5-4-6-12(10)20(17,18)15-9-13(2,16)7-8-19-3/h4-6,15-16H,7-9,14H2,1-3H3. The summed E-state index contributed by atoms with van der Waals surface area (Å²) >= 11 is 0. The van der Waals surface area contributed by atoms with Crippen molar-refractivity contribution in [1.82, 2.24) is 4.72 Å². The Hall–Kier alpha value is -1.15. The van der Waals surface area contributed by atoms with Gasteiger partial charge < -0.3 is 15.6 Å². The van der Waals surface area contributed by atoms with Crippen LogP contribution in [-0.4, -0.2) is 39.4 Å².